The first-order chi connectivity index (χ1) is 15.2. The van der Waals surface area contributed by atoms with Gasteiger partial charge in [0.15, 0.2) is 5.96 Å². The minimum absolute atomic E-state index is 0. The van der Waals surface area contributed by atoms with Gasteiger partial charge in [0.1, 0.15) is 5.75 Å². The van der Waals surface area contributed by atoms with Gasteiger partial charge in [0.25, 0.3) is 5.91 Å². The maximum absolute atomic E-state index is 12.1. The summed E-state index contributed by atoms with van der Waals surface area (Å²) in [5.41, 5.74) is 1.85. The number of benzene rings is 2. The molecule has 1 aliphatic rings. The number of halogens is 1. The molecular formula is C24H34IN5O2. The number of carbonyl (C=O) groups excluding carboxylic acids is 1. The van der Waals surface area contributed by atoms with Crippen LogP contribution in [0.3, 0.4) is 0 Å². The van der Waals surface area contributed by atoms with Crippen LogP contribution in [0.15, 0.2) is 59.6 Å². The second-order valence-corrected chi connectivity index (χ2v) is 7.50. The lowest BCUT2D eigenvalue weighted by molar-refractivity contribution is 0.0954. The SMILES string of the molecule is CN=C(NCCNC(=O)c1ccccc1)NCC(c1ccccc1OC)N1CCCC1.I. The van der Waals surface area contributed by atoms with Gasteiger partial charge >= 0.3 is 0 Å². The van der Waals surface area contributed by atoms with Gasteiger partial charge in [-0.1, -0.05) is 36.4 Å². The van der Waals surface area contributed by atoms with E-state index >= 15 is 0 Å². The number of likely N-dealkylation sites (tertiary alicyclic amines) is 1. The van der Waals surface area contributed by atoms with Crippen molar-refractivity contribution in [2.24, 2.45) is 4.99 Å². The van der Waals surface area contributed by atoms with E-state index in [2.05, 4.69) is 38.0 Å². The van der Waals surface area contributed by atoms with E-state index in [-0.39, 0.29) is 35.9 Å². The Kier molecular flexibility index (Phi) is 11.3. The molecule has 32 heavy (non-hydrogen) atoms. The predicted octanol–water partition coefficient (Wildman–Crippen LogP) is 3.05. The van der Waals surface area contributed by atoms with Crippen LogP contribution >= 0.6 is 24.0 Å². The molecule has 174 valence electrons. The van der Waals surface area contributed by atoms with Crippen LogP contribution in [0.1, 0.15) is 34.8 Å². The average Bonchev–Trinajstić information content (AvgIpc) is 3.36. The monoisotopic (exact) mass is 551 g/mol. The molecule has 1 atom stereocenters. The molecule has 3 rings (SSSR count). The molecule has 0 saturated carbocycles. The smallest absolute Gasteiger partial charge is 0.251 e. The Bertz CT molecular complexity index is 856. The number of amides is 1. The summed E-state index contributed by atoms with van der Waals surface area (Å²) in [6.07, 6.45) is 2.44. The molecule has 1 heterocycles. The summed E-state index contributed by atoms with van der Waals surface area (Å²) >= 11 is 0. The average molecular weight is 551 g/mol. The number of rotatable bonds is 9. The minimum atomic E-state index is -0.0735. The summed E-state index contributed by atoms with van der Waals surface area (Å²) in [4.78, 5) is 19.0. The van der Waals surface area contributed by atoms with Gasteiger partial charge in [-0.3, -0.25) is 14.7 Å². The number of nitrogens with zero attached hydrogens (tertiary/aromatic N) is 2. The van der Waals surface area contributed by atoms with E-state index in [1.54, 1.807) is 26.3 Å². The molecule has 0 spiro atoms. The Morgan fingerprint density at radius 2 is 1.66 bits per heavy atom. The summed E-state index contributed by atoms with van der Waals surface area (Å²) < 4.78 is 5.62. The van der Waals surface area contributed by atoms with E-state index in [0.717, 1.165) is 25.4 Å². The van der Waals surface area contributed by atoms with Crippen LogP contribution in [0.4, 0.5) is 0 Å². The van der Waals surface area contributed by atoms with Crippen molar-refractivity contribution in [2.75, 3.05) is 46.9 Å². The topological polar surface area (TPSA) is 78.0 Å². The molecule has 8 heteroatoms. The second-order valence-electron chi connectivity index (χ2n) is 7.50. The first-order valence-corrected chi connectivity index (χ1v) is 10.9. The molecule has 2 aromatic carbocycles. The van der Waals surface area contributed by atoms with Gasteiger partial charge in [-0.15, -0.1) is 24.0 Å². The molecule has 0 aliphatic carbocycles. The number of aliphatic imine (C=N–C) groups is 1. The Hall–Kier alpha value is -2.33. The van der Waals surface area contributed by atoms with Crippen molar-refractivity contribution in [3.63, 3.8) is 0 Å². The van der Waals surface area contributed by atoms with Crippen LogP contribution < -0.4 is 20.7 Å². The normalized spacial score (nSPS) is 14.9. The van der Waals surface area contributed by atoms with Gasteiger partial charge in [0.05, 0.1) is 13.2 Å². The lowest BCUT2D eigenvalue weighted by atomic mass is 10.0. The van der Waals surface area contributed by atoms with Gasteiger partial charge in [0.2, 0.25) is 0 Å². The first kappa shape index (κ1) is 25.9. The maximum Gasteiger partial charge on any atom is 0.251 e. The Morgan fingerprint density at radius 3 is 2.34 bits per heavy atom. The van der Waals surface area contributed by atoms with Crippen molar-refractivity contribution in [1.82, 2.24) is 20.9 Å². The third-order valence-corrected chi connectivity index (χ3v) is 5.50. The number of carbonyl (C=O) groups is 1. The third kappa shape index (κ3) is 7.37. The largest absolute Gasteiger partial charge is 0.496 e. The summed E-state index contributed by atoms with van der Waals surface area (Å²) in [7, 11) is 3.48. The van der Waals surface area contributed by atoms with Crippen LogP contribution in [0.5, 0.6) is 5.75 Å². The molecule has 0 radical (unpaired) electrons. The van der Waals surface area contributed by atoms with Gasteiger partial charge in [0, 0.05) is 37.8 Å². The lowest BCUT2D eigenvalue weighted by Crippen LogP contribution is -2.44. The molecule has 1 unspecified atom stereocenters. The lowest BCUT2D eigenvalue weighted by Gasteiger charge is -2.30. The van der Waals surface area contributed by atoms with Crippen LogP contribution in [0.25, 0.3) is 0 Å². The standard InChI is InChI=1S/C24H33N5O2.HI/c1-25-24(27-15-14-26-23(30)19-10-4-3-5-11-19)28-18-21(29-16-8-9-17-29)20-12-6-7-13-22(20)31-2;/h3-7,10-13,21H,8-9,14-18H2,1-2H3,(H,26,30)(H2,25,27,28);1H. The number of guanidine groups is 1. The summed E-state index contributed by atoms with van der Waals surface area (Å²) in [6, 6.07) is 17.6. The summed E-state index contributed by atoms with van der Waals surface area (Å²) in [5, 5.41) is 9.64. The molecule has 0 aromatic heterocycles. The van der Waals surface area contributed by atoms with Crippen molar-refractivity contribution < 1.29 is 9.53 Å². The van der Waals surface area contributed by atoms with Crippen LogP contribution in [0.2, 0.25) is 0 Å². The van der Waals surface area contributed by atoms with Crippen molar-refractivity contribution in [1.29, 1.82) is 0 Å². The molecular weight excluding hydrogens is 517 g/mol. The number of nitrogens with one attached hydrogen (secondary N) is 3. The van der Waals surface area contributed by atoms with Gasteiger partial charge < -0.3 is 20.7 Å². The summed E-state index contributed by atoms with van der Waals surface area (Å²) in [5.74, 6) is 1.55. The van der Waals surface area contributed by atoms with E-state index in [9.17, 15) is 4.79 Å². The maximum atomic E-state index is 12.1. The van der Waals surface area contributed by atoms with E-state index < -0.39 is 0 Å². The van der Waals surface area contributed by atoms with Crippen molar-refractivity contribution >= 4 is 35.8 Å². The number of ether oxygens (including phenoxy) is 1. The Labute approximate surface area is 208 Å². The highest BCUT2D eigenvalue weighted by Crippen LogP contribution is 2.31. The predicted molar refractivity (Wildman–Crippen MR) is 140 cm³/mol. The fourth-order valence-electron chi connectivity index (χ4n) is 3.89. The minimum Gasteiger partial charge on any atom is -0.496 e. The molecule has 7 nitrogen and oxygen atoms in total. The molecule has 1 fully saturated rings. The highest BCUT2D eigenvalue weighted by Gasteiger charge is 2.26. The number of para-hydroxylation sites is 1. The molecule has 3 N–H and O–H groups in total. The van der Waals surface area contributed by atoms with Gasteiger partial charge in [-0.05, 0) is 44.1 Å². The molecule has 2 aromatic rings. The van der Waals surface area contributed by atoms with Gasteiger partial charge in [-0.2, -0.15) is 0 Å². The van der Waals surface area contributed by atoms with E-state index in [0.29, 0.717) is 24.6 Å². The highest BCUT2D eigenvalue weighted by molar-refractivity contribution is 14.0. The Morgan fingerprint density at radius 1 is 1.00 bits per heavy atom. The zero-order chi connectivity index (χ0) is 21.9. The number of hydrogen-bond acceptors (Lipinski definition) is 4. The fraction of sp³-hybridized carbons (Fsp3) is 0.417. The summed E-state index contributed by atoms with van der Waals surface area (Å²) in [6.45, 7) is 3.98. The van der Waals surface area contributed by atoms with Crippen molar-refractivity contribution in [2.45, 2.75) is 18.9 Å². The molecule has 1 aliphatic heterocycles. The quantitative estimate of drug-likeness (QED) is 0.193. The van der Waals surface area contributed by atoms with Gasteiger partial charge in [-0.25, -0.2) is 0 Å². The van der Waals surface area contributed by atoms with Crippen LogP contribution in [-0.2, 0) is 0 Å². The Balaban J connectivity index is 0.00000363. The number of methoxy groups -OCH3 is 1. The van der Waals surface area contributed by atoms with Crippen LogP contribution in [-0.4, -0.2) is 63.6 Å². The third-order valence-electron chi connectivity index (χ3n) is 5.50. The second kappa shape index (κ2) is 13.9. The molecule has 1 amide bonds. The molecule has 0 bridgehead atoms. The number of hydrogen-bond donors (Lipinski definition) is 3. The zero-order valence-corrected chi connectivity index (χ0v) is 21.2. The highest BCUT2D eigenvalue weighted by atomic mass is 127. The zero-order valence-electron chi connectivity index (χ0n) is 18.8. The first-order valence-electron chi connectivity index (χ1n) is 10.9. The van der Waals surface area contributed by atoms with E-state index in [4.69, 9.17) is 4.74 Å². The van der Waals surface area contributed by atoms with E-state index in [1.807, 2.05) is 30.3 Å². The van der Waals surface area contributed by atoms with Crippen molar-refractivity contribution in [3.05, 3.63) is 65.7 Å². The fourth-order valence-corrected chi connectivity index (χ4v) is 3.89. The van der Waals surface area contributed by atoms with Crippen molar-refractivity contribution in [3.8, 4) is 5.75 Å². The molecule has 1 saturated heterocycles. The van der Waals surface area contributed by atoms with E-state index in [1.165, 1.54) is 18.4 Å². The van der Waals surface area contributed by atoms with Crippen LogP contribution in [0, 0.1) is 0 Å².